The van der Waals surface area contributed by atoms with E-state index in [1.165, 1.54) is 37.8 Å². The van der Waals surface area contributed by atoms with E-state index < -0.39 is 0 Å². The molecular formula is C16H27N3. The van der Waals surface area contributed by atoms with E-state index in [0.29, 0.717) is 12.1 Å². The molecule has 0 aliphatic carbocycles. The maximum absolute atomic E-state index is 6.43. The van der Waals surface area contributed by atoms with Gasteiger partial charge in [0.15, 0.2) is 0 Å². The highest BCUT2D eigenvalue weighted by Crippen LogP contribution is 2.32. The fourth-order valence-corrected chi connectivity index (χ4v) is 3.29. The third-order valence-electron chi connectivity index (χ3n) is 4.40. The van der Waals surface area contributed by atoms with Crippen LogP contribution in [0.15, 0.2) is 24.5 Å². The van der Waals surface area contributed by atoms with Gasteiger partial charge in [0.2, 0.25) is 0 Å². The highest BCUT2D eigenvalue weighted by atomic mass is 15.2. The van der Waals surface area contributed by atoms with Crippen LogP contribution in [0, 0.1) is 0 Å². The first-order valence-electron chi connectivity index (χ1n) is 7.69. The zero-order chi connectivity index (χ0) is 13.7. The second kappa shape index (κ2) is 7.01. The van der Waals surface area contributed by atoms with Crippen LogP contribution in [0.5, 0.6) is 0 Å². The van der Waals surface area contributed by atoms with Crippen LogP contribution in [0.25, 0.3) is 0 Å². The lowest BCUT2D eigenvalue weighted by molar-refractivity contribution is 0.0756. The van der Waals surface area contributed by atoms with Gasteiger partial charge >= 0.3 is 0 Å². The first kappa shape index (κ1) is 14.5. The number of piperidine rings is 1. The van der Waals surface area contributed by atoms with Crippen LogP contribution in [0.4, 0.5) is 0 Å². The van der Waals surface area contributed by atoms with Gasteiger partial charge in [0.05, 0.1) is 6.04 Å². The first-order valence-corrected chi connectivity index (χ1v) is 7.69. The Labute approximate surface area is 117 Å². The number of rotatable bonds is 5. The molecule has 3 unspecified atom stereocenters. The summed E-state index contributed by atoms with van der Waals surface area (Å²) in [6.07, 6.45) is 10.0. The van der Waals surface area contributed by atoms with Crippen molar-refractivity contribution in [3.63, 3.8) is 0 Å². The van der Waals surface area contributed by atoms with Crippen molar-refractivity contribution in [3.05, 3.63) is 30.1 Å². The Kier molecular flexibility index (Phi) is 5.34. The Hall–Kier alpha value is -0.930. The molecule has 3 nitrogen and oxygen atoms in total. The molecule has 2 N–H and O–H groups in total. The summed E-state index contributed by atoms with van der Waals surface area (Å²) in [5, 5.41) is 0. The fraction of sp³-hybridized carbons (Fsp3) is 0.688. The van der Waals surface area contributed by atoms with Crippen LogP contribution >= 0.6 is 0 Å². The Morgan fingerprint density at radius 2 is 2.26 bits per heavy atom. The third kappa shape index (κ3) is 3.34. The van der Waals surface area contributed by atoms with Crippen molar-refractivity contribution in [2.75, 3.05) is 6.54 Å². The number of hydrogen-bond donors (Lipinski definition) is 1. The molecule has 1 aromatic rings. The van der Waals surface area contributed by atoms with E-state index in [2.05, 4.69) is 29.8 Å². The van der Waals surface area contributed by atoms with E-state index in [-0.39, 0.29) is 6.04 Å². The van der Waals surface area contributed by atoms with Gasteiger partial charge in [0, 0.05) is 24.5 Å². The summed E-state index contributed by atoms with van der Waals surface area (Å²) in [6.45, 7) is 5.64. The van der Waals surface area contributed by atoms with Crippen LogP contribution in [0.1, 0.15) is 57.6 Å². The molecule has 0 saturated carbocycles. The second-order valence-corrected chi connectivity index (χ2v) is 5.60. The number of likely N-dealkylation sites (tertiary alicyclic amines) is 1. The van der Waals surface area contributed by atoms with Gasteiger partial charge < -0.3 is 5.73 Å². The number of hydrogen-bond acceptors (Lipinski definition) is 3. The van der Waals surface area contributed by atoms with E-state index in [9.17, 15) is 0 Å². The van der Waals surface area contributed by atoms with Gasteiger partial charge in [0.25, 0.3) is 0 Å². The minimum Gasteiger partial charge on any atom is -0.326 e. The summed E-state index contributed by atoms with van der Waals surface area (Å²) in [6, 6.07) is 5.39. The zero-order valence-corrected chi connectivity index (χ0v) is 12.3. The topological polar surface area (TPSA) is 42.1 Å². The third-order valence-corrected chi connectivity index (χ3v) is 4.40. The highest BCUT2D eigenvalue weighted by molar-refractivity contribution is 5.17. The standard InChI is InChI=1S/C16H27N3/c1-3-14-9-5-6-11-19(14)16(15(17)4-2)13-8-7-10-18-12-13/h7-8,10,12,14-16H,3-6,9,11,17H2,1-2H3. The Morgan fingerprint density at radius 3 is 2.89 bits per heavy atom. The average molecular weight is 261 g/mol. The normalized spacial score (nSPS) is 24.1. The van der Waals surface area contributed by atoms with Crippen LogP contribution in [0.2, 0.25) is 0 Å². The van der Waals surface area contributed by atoms with Crippen molar-refractivity contribution in [1.82, 2.24) is 9.88 Å². The van der Waals surface area contributed by atoms with Gasteiger partial charge in [-0.2, -0.15) is 0 Å². The SMILES string of the molecule is CCC(N)C(c1cccnc1)N1CCCCC1CC. The molecule has 1 aliphatic heterocycles. The summed E-state index contributed by atoms with van der Waals surface area (Å²) < 4.78 is 0. The fourth-order valence-electron chi connectivity index (χ4n) is 3.29. The van der Waals surface area contributed by atoms with Crippen LogP contribution in [-0.4, -0.2) is 28.5 Å². The van der Waals surface area contributed by atoms with E-state index >= 15 is 0 Å². The summed E-state index contributed by atoms with van der Waals surface area (Å²) in [4.78, 5) is 6.92. The van der Waals surface area contributed by atoms with Gasteiger partial charge in [-0.15, -0.1) is 0 Å². The molecule has 1 aliphatic rings. The molecule has 3 heteroatoms. The quantitative estimate of drug-likeness (QED) is 0.885. The lowest BCUT2D eigenvalue weighted by Gasteiger charge is -2.43. The lowest BCUT2D eigenvalue weighted by Crippen LogP contribution is -2.48. The smallest absolute Gasteiger partial charge is 0.0517 e. The number of pyridine rings is 1. The van der Waals surface area contributed by atoms with Gasteiger partial charge in [-0.25, -0.2) is 0 Å². The highest BCUT2D eigenvalue weighted by Gasteiger charge is 2.32. The number of aromatic nitrogens is 1. The number of nitrogens with zero attached hydrogens (tertiary/aromatic N) is 2. The second-order valence-electron chi connectivity index (χ2n) is 5.60. The molecule has 106 valence electrons. The van der Waals surface area contributed by atoms with Crippen molar-refractivity contribution < 1.29 is 0 Å². The zero-order valence-electron chi connectivity index (χ0n) is 12.3. The van der Waals surface area contributed by atoms with Crippen molar-refractivity contribution in [3.8, 4) is 0 Å². The lowest BCUT2D eigenvalue weighted by atomic mass is 9.91. The predicted molar refractivity (Wildman–Crippen MR) is 79.9 cm³/mol. The molecule has 1 fully saturated rings. The maximum atomic E-state index is 6.43. The van der Waals surface area contributed by atoms with Crippen molar-refractivity contribution in [2.24, 2.45) is 5.73 Å². The predicted octanol–water partition coefficient (Wildman–Crippen LogP) is 3.12. The summed E-state index contributed by atoms with van der Waals surface area (Å²) in [5.74, 6) is 0. The van der Waals surface area contributed by atoms with E-state index in [1.807, 2.05) is 18.5 Å². The Morgan fingerprint density at radius 1 is 1.42 bits per heavy atom. The molecule has 3 atom stereocenters. The molecule has 0 spiro atoms. The summed E-state index contributed by atoms with van der Waals surface area (Å²) in [7, 11) is 0. The molecule has 0 bridgehead atoms. The van der Waals surface area contributed by atoms with E-state index in [1.54, 1.807) is 0 Å². The van der Waals surface area contributed by atoms with Gasteiger partial charge in [-0.3, -0.25) is 9.88 Å². The minimum absolute atomic E-state index is 0.191. The molecule has 2 rings (SSSR count). The summed E-state index contributed by atoms with van der Waals surface area (Å²) >= 11 is 0. The van der Waals surface area contributed by atoms with E-state index in [0.717, 1.165) is 6.42 Å². The Balaban J connectivity index is 2.26. The first-order chi connectivity index (χ1) is 9.27. The average Bonchev–Trinajstić information content (AvgIpc) is 2.49. The van der Waals surface area contributed by atoms with Gasteiger partial charge in [0.1, 0.15) is 0 Å². The molecule has 1 saturated heterocycles. The minimum atomic E-state index is 0.191. The van der Waals surface area contributed by atoms with Crippen molar-refractivity contribution in [2.45, 2.75) is 64.1 Å². The molecule has 1 aromatic heterocycles. The number of nitrogens with two attached hydrogens (primary N) is 1. The molecule has 0 radical (unpaired) electrons. The molecular weight excluding hydrogens is 234 g/mol. The van der Waals surface area contributed by atoms with Crippen LogP contribution in [0.3, 0.4) is 0 Å². The maximum Gasteiger partial charge on any atom is 0.0517 e. The van der Waals surface area contributed by atoms with Gasteiger partial charge in [-0.05, 0) is 43.9 Å². The largest absolute Gasteiger partial charge is 0.326 e. The molecule has 0 aromatic carbocycles. The molecule has 19 heavy (non-hydrogen) atoms. The van der Waals surface area contributed by atoms with Crippen molar-refractivity contribution >= 4 is 0 Å². The Bertz CT molecular complexity index is 366. The van der Waals surface area contributed by atoms with E-state index in [4.69, 9.17) is 5.73 Å². The van der Waals surface area contributed by atoms with Crippen LogP contribution < -0.4 is 5.73 Å². The monoisotopic (exact) mass is 261 g/mol. The molecule has 2 heterocycles. The molecule has 0 amide bonds. The summed E-state index contributed by atoms with van der Waals surface area (Å²) in [5.41, 5.74) is 7.70. The van der Waals surface area contributed by atoms with Gasteiger partial charge in [-0.1, -0.05) is 26.3 Å². The van der Waals surface area contributed by atoms with Crippen LogP contribution in [-0.2, 0) is 0 Å². The van der Waals surface area contributed by atoms with Crippen molar-refractivity contribution in [1.29, 1.82) is 0 Å².